The number of hydrogen-bond donors (Lipinski definition) is 1. The number of piperidine rings is 1. The molecule has 0 aromatic carbocycles. The molecule has 0 radical (unpaired) electrons. The van der Waals surface area contributed by atoms with Gasteiger partial charge in [-0.1, -0.05) is 41.5 Å². The van der Waals surface area contributed by atoms with E-state index < -0.39 is 8.32 Å². The summed E-state index contributed by atoms with van der Waals surface area (Å²) in [6.07, 6.45) is 2.41. The molecule has 1 saturated heterocycles. The molecule has 1 aliphatic rings. The van der Waals surface area contributed by atoms with Crippen LogP contribution >= 0.6 is 0 Å². The molecule has 0 saturated carbocycles. The van der Waals surface area contributed by atoms with Crippen molar-refractivity contribution in [3.63, 3.8) is 0 Å². The van der Waals surface area contributed by atoms with Crippen molar-refractivity contribution in [3.8, 4) is 0 Å². The molecule has 130 valence electrons. The van der Waals surface area contributed by atoms with Crippen LogP contribution in [0.1, 0.15) is 60.8 Å². The van der Waals surface area contributed by atoms with Gasteiger partial charge in [-0.2, -0.15) is 0 Å². The zero-order valence-electron chi connectivity index (χ0n) is 15.3. The Balaban J connectivity index is 2.71. The summed E-state index contributed by atoms with van der Waals surface area (Å²) < 4.78 is 6.52. The number of amides is 1. The maximum Gasteiger partial charge on any atom is 0.222 e. The maximum atomic E-state index is 12.1. The second-order valence-corrected chi connectivity index (χ2v) is 12.9. The van der Waals surface area contributed by atoms with Gasteiger partial charge in [0.2, 0.25) is 5.91 Å². The highest BCUT2D eigenvalue weighted by molar-refractivity contribution is 6.77. The van der Waals surface area contributed by atoms with Crippen LogP contribution in [0.4, 0.5) is 0 Å². The van der Waals surface area contributed by atoms with Gasteiger partial charge in [0.15, 0.2) is 8.32 Å². The average Bonchev–Trinajstić information content (AvgIpc) is 2.43. The van der Waals surface area contributed by atoms with E-state index in [9.17, 15) is 9.90 Å². The molecule has 0 aromatic heterocycles. The van der Waals surface area contributed by atoms with E-state index in [1.54, 1.807) is 0 Å². The normalized spacial score (nSPS) is 20.5. The lowest BCUT2D eigenvalue weighted by atomic mass is 10.0. The molecule has 1 atom stereocenters. The minimum absolute atomic E-state index is 0.0157. The number of hydrogen-bond acceptors (Lipinski definition) is 3. The van der Waals surface area contributed by atoms with Crippen LogP contribution in [-0.4, -0.2) is 50.0 Å². The van der Waals surface area contributed by atoms with Crippen molar-refractivity contribution >= 4 is 14.2 Å². The van der Waals surface area contributed by atoms with Crippen LogP contribution in [-0.2, 0) is 9.22 Å². The molecule has 0 aromatic rings. The monoisotopic (exact) mass is 329 g/mol. The Morgan fingerprint density at radius 2 is 1.73 bits per heavy atom. The lowest BCUT2D eigenvalue weighted by molar-refractivity contribution is -0.138. The third-order valence-electron chi connectivity index (χ3n) is 5.29. The van der Waals surface area contributed by atoms with Gasteiger partial charge in [-0.05, 0) is 29.5 Å². The Labute approximate surface area is 137 Å². The van der Waals surface area contributed by atoms with E-state index in [-0.39, 0.29) is 18.6 Å². The van der Waals surface area contributed by atoms with Crippen molar-refractivity contribution in [2.75, 3.05) is 19.8 Å². The van der Waals surface area contributed by atoms with Crippen LogP contribution in [0.15, 0.2) is 0 Å². The van der Waals surface area contributed by atoms with E-state index in [0.29, 0.717) is 36.2 Å². The second kappa shape index (κ2) is 8.46. The first-order valence-electron chi connectivity index (χ1n) is 8.81. The predicted molar refractivity (Wildman–Crippen MR) is 93.4 cm³/mol. The SMILES string of the molecule is CC(C)[Si](OCCN1C(=O)CCC[C@@H]1CO)(C(C)C)C(C)C. The standard InChI is InChI=1S/C17H35NO3Si/c1-13(2)22(14(3)4,15(5)6)21-11-10-18-16(12-19)8-7-9-17(18)20/h13-16,19H,7-12H2,1-6H3/t16-/m1/s1. The summed E-state index contributed by atoms with van der Waals surface area (Å²) in [7, 11) is -1.87. The van der Waals surface area contributed by atoms with E-state index >= 15 is 0 Å². The van der Waals surface area contributed by atoms with E-state index in [1.165, 1.54) is 0 Å². The summed E-state index contributed by atoms with van der Waals surface area (Å²) in [6.45, 7) is 14.9. The molecule has 1 N–H and O–H groups in total. The largest absolute Gasteiger partial charge is 0.414 e. The van der Waals surface area contributed by atoms with Gasteiger partial charge >= 0.3 is 0 Å². The fourth-order valence-corrected chi connectivity index (χ4v) is 9.75. The number of carbonyl (C=O) groups is 1. The first kappa shape index (κ1) is 19.7. The molecule has 0 spiro atoms. The van der Waals surface area contributed by atoms with Crippen LogP contribution < -0.4 is 0 Å². The quantitative estimate of drug-likeness (QED) is 0.693. The molecule has 0 unspecified atom stereocenters. The van der Waals surface area contributed by atoms with Crippen LogP contribution in [0.5, 0.6) is 0 Å². The Kier molecular flexibility index (Phi) is 7.55. The zero-order valence-corrected chi connectivity index (χ0v) is 16.3. The molecule has 0 aliphatic carbocycles. The number of aliphatic hydroxyl groups excluding tert-OH is 1. The maximum absolute atomic E-state index is 12.1. The predicted octanol–water partition coefficient (Wildman–Crippen LogP) is 3.55. The van der Waals surface area contributed by atoms with Gasteiger partial charge in [0.05, 0.1) is 19.3 Å². The molecule has 1 fully saturated rings. The van der Waals surface area contributed by atoms with Gasteiger partial charge in [0.25, 0.3) is 0 Å². The van der Waals surface area contributed by atoms with E-state index in [0.717, 1.165) is 12.8 Å². The third kappa shape index (κ3) is 4.12. The number of likely N-dealkylation sites (tertiary alicyclic amines) is 1. The number of aliphatic hydroxyl groups is 1. The van der Waals surface area contributed by atoms with Crippen molar-refractivity contribution in [1.82, 2.24) is 4.90 Å². The van der Waals surface area contributed by atoms with Crippen LogP contribution in [0, 0.1) is 0 Å². The molecule has 5 heteroatoms. The highest BCUT2D eigenvalue weighted by Gasteiger charge is 2.45. The number of rotatable bonds is 8. The van der Waals surface area contributed by atoms with Gasteiger partial charge in [-0.3, -0.25) is 4.79 Å². The van der Waals surface area contributed by atoms with Gasteiger partial charge < -0.3 is 14.4 Å². The summed E-state index contributed by atoms with van der Waals surface area (Å²) >= 11 is 0. The van der Waals surface area contributed by atoms with Gasteiger partial charge in [0.1, 0.15) is 0 Å². The molecule has 22 heavy (non-hydrogen) atoms. The highest BCUT2D eigenvalue weighted by atomic mass is 28.4. The topological polar surface area (TPSA) is 49.8 Å². The Hall–Kier alpha value is -0.393. The van der Waals surface area contributed by atoms with Crippen molar-refractivity contribution in [3.05, 3.63) is 0 Å². The average molecular weight is 330 g/mol. The summed E-state index contributed by atoms with van der Waals surface area (Å²) in [5, 5.41) is 9.48. The fourth-order valence-electron chi connectivity index (χ4n) is 4.31. The van der Waals surface area contributed by atoms with E-state index in [1.807, 2.05) is 4.90 Å². The number of carbonyl (C=O) groups excluding carboxylic acids is 1. The van der Waals surface area contributed by atoms with Gasteiger partial charge in [-0.15, -0.1) is 0 Å². The molecule has 0 bridgehead atoms. The minimum Gasteiger partial charge on any atom is -0.414 e. The molecule has 1 rings (SSSR count). The smallest absolute Gasteiger partial charge is 0.222 e. The highest BCUT2D eigenvalue weighted by Crippen LogP contribution is 2.42. The molecular formula is C17H35NO3Si. The van der Waals surface area contributed by atoms with Crippen molar-refractivity contribution in [2.24, 2.45) is 0 Å². The number of nitrogens with zero attached hydrogens (tertiary/aromatic N) is 1. The van der Waals surface area contributed by atoms with E-state index in [4.69, 9.17) is 4.43 Å². The van der Waals surface area contributed by atoms with Crippen molar-refractivity contribution in [1.29, 1.82) is 0 Å². The zero-order chi connectivity index (χ0) is 16.9. The lowest BCUT2D eigenvalue weighted by Crippen LogP contribution is -2.51. The summed E-state index contributed by atoms with van der Waals surface area (Å²) in [6, 6.07) is -0.0157. The van der Waals surface area contributed by atoms with Crippen LogP contribution in [0.2, 0.25) is 16.6 Å². The van der Waals surface area contributed by atoms with Crippen LogP contribution in [0.3, 0.4) is 0 Å². The molecule has 1 heterocycles. The fraction of sp³-hybridized carbons (Fsp3) is 0.941. The van der Waals surface area contributed by atoms with E-state index in [2.05, 4.69) is 41.5 Å². The minimum atomic E-state index is -1.87. The Morgan fingerprint density at radius 3 is 2.18 bits per heavy atom. The Bertz CT molecular complexity index is 336. The van der Waals surface area contributed by atoms with Crippen LogP contribution in [0.25, 0.3) is 0 Å². The molecule has 4 nitrogen and oxygen atoms in total. The van der Waals surface area contributed by atoms with Crippen molar-refractivity contribution < 1.29 is 14.3 Å². The molecule has 1 aliphatic heterocycles. The third-order valence-corrected chi connectivity index (χ3v) is 11.4. The second-order valence-electron chi connectivity index (χ2n) is 7.48. The Morgan fingerprint density at radius 1 is 1.18 bits per heavy atom. The van der Waals surface area contributed by atoms with Gasteiger partial charge in [-0.25, -0.2) is 0 Å². The lowest BCUT2D eigenvalue weighted by Gasteiger charge is -2.43. The van der Waals surface area contributed by atoms with Gasteiger partial charge in [0, 0.05) is 13.0 Å². The molecule has 1 amide bonds. The van der Waals surface area contributed by atoms with Crippen molar-refractivity contribution in [2.45, 2.75) is 83.5 Å². The summed E-state index contributed by atoms with van der Waals surface area (Å²) in [5.74, 6) is 0.166. The molecular weight excluding hydrogens is 294 g/mol. The first-order valence-corrected chi connectivity index (χ1v) is 11.0. The summed E-state index contributed by atoms with van der Waals surface area (Å²) in [4.78, 5) is 13.9. The first-order chi connectivity index (χ1) is 10.3. The summed E-state index contributed by atoms with van der Waals surface area (Å²) in [5.41, 5.74) is 1.66.